The molecule has 0 N–H and O–H groups in total. The summed E-state index contributed by atoms with van der Waals surface area (Å²) < 4.78 is 13.0. The van der Waals surface area contributed by atoms with Crippen LogP contribution in [0.2, 0.25) is 0 Å². The third kappa shape index (κ3) is 2.10. The van der Waals surface area contributed by atoms with Gasteiger partial charge in [-0.1, -0.05) is 12.1 Å². The van der Waals surface area contributed by atoms with Gasteiger partial charge >= 0.3 is 0 Å². The van der Waals surface area contributed by atoms with E-state index in [-0.39, 0.29) is 11.2 Å². The number of rotatable bonds is 3. The Labute approximate surface area is 101 Å². The smallest absolute Gasteiger partial charge is 0.123 e. The predicted octanol–water partition coefficient (Wildman–Crippen LogP) is 4.02. The Morgan fingerprint density at radius 2 is 2.00 bits per heavy atom. The molecule has 0 aliphatic heterocycles. The summed E-state index contributed by atoms with van der Waals surface area (Å²) in [5.41, 5.74) is 1.03. The zero-order chi connectivity index (χ0) is 11.1. The third-order valence-corrected chi connectivity index (χ3v) is 4.62. The van der Waals surface area contributed by atoms with Crippen LogP contribution in [0.3, 0.4) is 0 Å². The van der Waals surface area contributed by atoms with Crippen LogP contribution in [0.1, 0.15) is 24.8 Å². The summed E-state index contributed by atoms with van der Waals surface area (Å²) >= 11 is 6.44. The largest absolute Gasteiger partial charge is 0.207 e. The van der Waals surface area contributed by atoms with Gasteiger partial charge in [0.05, 0.1) is 0 Å². The van der Waals surface area contributed by atoms with E-state index in [0.29, 0.717) is 5.92 Å². The van der Waals surface area contributed by atoms with E-state index < -0.39 is 0 Å². The van der Waals surface area contributed by atoms with Crippen molar-refractivity contribution in [2.45, 2.75) is 31.1 Å². The Morgan fingerprint density at radius 3 is 2.69 bits per heavy atom. The summed E-state index contributed by atoms with van der Waals surface area (Å²) in [6.07, 6.45) is 4.84. The second-order valence-electron chi connectivity index (χ2n) is 5.34. The molecule has 2 fully saturated rings. The van der Waals surface area contributed by atoms with E-state index in [2.05, 4.69) is 0 Å². The number of alkyl halides is 1. The predicted molar refractivity (Wildman–Crippen MR) is 64.1 cm³/mol. The minimum atomic E-state index is -0.157. The molecule has 0 bridgehead atoms. The molecule has 1 aromatic rings. The topological polar surface area (TPSA) is 0 Å². The van der Waals surface area contributed by atoms with Gasteiger partial charge in [0.15, 0.2) is 0 Å². The highest BCUT2D eigenvalue weighted by atomic mass is 35.5. The van der Waals surface area contributed by atoms with Crippen LogP contribution in [0.5, 0.6) is 0 Å². The van der Waals surface area contributed by atoms with Crippen molar-refractivity contribution in [2.75, 3.05) is 0 Å². The minimum absolute atomic E-state index is 0.157. The molecule has 0 aromatic heterocycles. The van der Waals surface area contributed by atoms with Crippen LogP contribution in [-0.2, 0) is 6.42 Å². The van der Waals surface area contributed by atoms with Gasteiger partial charge < -0.3 is 0 Å². The van der Waals surface area contributed by atoms with Crippen molar-refractivity contribution < 1.29 is 4.39 Å². The quantitative estimate of drug-likeness (QED) is 0.698. The first kappa shape index (κ1) is 10.6. The number of hydrogen-bond donors (Lipinski definition) is 0. The monoisotopic (exact) mass is 238 g/mol. The normalized spacial score (nSPS) is 33.5. The summed E-state index contributed by atoms with van der Waals surface area (Å²) in [6, 6.07) is 6.82. The molecule has 2 aliphatic rings. The molecule has 2 heteroatoms. The second-order valence-corrected chi connectivity index (χ2v) is 5.90. The van der Waals surface area contributed by atoms with Gasteiger partial charge in [0, 0.05) is 5.38 Å². The Hall–Kier alpha value is -0.560. The highest BCUT2D eigenvalue weighted by Crippen LogP contribution is 2.56. The minimum Gasteiger partial charge on any atom is -0.207 e. The van der Waals surface area contributed by atoms with Gasteiger partial charge in [-0.3, -0.25) is 0 Å². The summed E-state index contributed by atoms with van der Waals surface area (Å²) in [5, 5.41) is 0.189. The lowest BCUT2D eigenvalue weighted by molar-refractivity contribution is 0.459. The molecule has 2 saturated carbocycles. The molecule has 3 rings (SSSR count). The maximum absolute atomic E-state index is 13.0. The number of fused-ring (bicyclic) bond motifs is 1. The molecule has 3 atom stereocenters. The molecule has 0 spiro atoms. The fourth-order valence-electron chi connectivity index (χ4n) is 3.11. The molecule has 0 nitrogen and oxygen atoms in total. The van der Waals surface area contributed by atoms with Gasteiger partial charge in [0.25, 0.3) is 0 Å². The van der Waals surface area contributed by atoms with Crippen molar-refractivity contribution in [2.24, 2.45) is 17.8 Å². The van der Waals surface area contributed by atoms with E-state index in [9.17, 15) is 4.39 Å². The third-order valence-electron chi connectivity index (χ3n) is 4.11. The molecule has 0 radical (unpaired) electrons. The SMILES string of the molecule is Fc1cccc(CC(Cl)C2CC3CC3C2)c1. The Kier molecular flexibility index (Phi) is 2.67. The first-order valence-electron chi connectivity index (χ1n) is 6.11. The van der Waals surface area contributed by atoms with E-state index in [4.69, 9.17) is 11.6 Å². The van der Waals surface area contributed by atoms with Crippen molar-refractivity contribution in [1.82, 2.24) is 0 Å². The molecular weight excluding hydrogens is 223 g/mol. The Morgan fingerprint density at radius 1 is 1.25 bits per heavy atom. The van der Waals surface area contributed by atoms with E-state index in [1.54, 1.807) is 12.1 Å². The summed E-state index contributed by atoms with van der Waals surface area (Å²) in [7, 11) is 0. The van der Waals surface area contributed by atoms with Gasteiger partial charge in [-0.05, 0) is 61.1 Å². The molecule has 0 heterocycles. The first-order valence-corrected chi connectivity index (χ1v) is 6.54. The molecule has 3 unspecified atom stereocenters. The average Bonchev–Trinajstić information content (AvgIpc) is 2.86. The van der Waals surface area contributed by atoms with Crippen molar-refractivity contribution in [3.63, 3.8) is 0 Å². The van der Waals surface area contributed by atoms with Crippen molar-refractivity contribution in [3.8, 4) is 0 Å². The van der Waals surface area contributed by atoms with Crippen LogP contribution in [0.15, 0.2) is 24.3 Å². The molecule has 0 amide bonds. The van der Waals surface area contributed by atoms with Crippen molar-refractivity contribution in [3.05, 3.63) is 35.6 Å². The lowest BCUT2D eigenvalue weighted by Crippen LogP contribution is -2.16. The number of benzene rings is 1. The number of halogens is 2. The maximum Gasteiger partial charge on any atom is 0.123 e. The molecular formula is C14H16ClF. The van der Waals surface area contributed by atoms with E-state index in [1.165, 1.54) is 25.3 Å². The van der Waals surface area contributed by atoms with Gasteiger partial charge in [-0.2, -0.15) is 0 Å². The Balaban J connectivity index is 1.61. The molecule has 2 aliphatic carbocycles. The average molecular weight is 239 g/mol. The molecule has 16 heavy (non-hydrogen) atoms. The van der Waals surface area contributed by atoms with Gasteiger partial charge in [-0.25, -0.2) is 4.39 Å². The molecule has 86 valence electrons. The highest BCUT2D eigenvalue weighted by molar-refractivity contribution is 6.20. The van der Waals surface area contributed by atoms with Crippen LogP contribution in [0.4, 0.5) is 4.39 Å². The molecule has 0 saturated heterocycles. The molecule has 1 aromatic carbocycles. The fourth-order valence-corrected chi connectivity index (χ4v) is 3.50. The standard InChI is InChI=1S/C14H16ClF/c15-14(12-7-10-6-11(10)8-12)5-9-2-1-3-13(16)4-9/h1-4,10-12,14H,5-8H2. The summed E-state index contributed by atoms with van der Waals surface area (Å²) in [6.45, 7) is 0. The zero-order valence-electron chi connectivity index (χ0n) is 9.20. The zero-order valence-corrected chi connectivity index (χ0v) is 9.96. The van der Waals surface area contributed by atoms with Gasteiger partial charge in [0.1, 0.15) is 5.82 Å². The van der Waals surface area contributed by atoms with Crippen LogP contribution in [0, 0.1) is 23.6 Å². The van der Waals surface area contributed by atoms with Crippen LogP contribution >= 0.6 is 11.6 Å². The summed E-state index contributed by atoms with van der Waals surface area (Å²) in [4.78, 5) is 0. The van der Waals surface area contributed by atoms with Crippen molar-refractivity contribution in [1.29, 1.82) is 0 Å². The maximum atomic E-state index is 13.0. The van der Waals surface area contributed by atoms with Gasteiger partial charge in [-0.15, -0.1) is 11.6 Å². The van der Waals surface area contributed by atoms with Crippen molar-refractivity contribution >= 4 is 11.6 Å². The van der Waals surface area contributed by atoms with Crippen LogP contribution < -0.4 is 0 Å². The fraction of sp³-hybridized carbons (Fsp3) is 0.571. The van der Waals surface area contributed by atoms with Gasteiger partial charge in [0.2, 0.25) is 0 Å². The lowest BCUT2D eigenvalue weighted by Gasteiger charge is -2.18. The van der Waals surface area contributed by atoms with E-state index in [1.807, 2.05) is 6.07 Å². The Bertz CT molecular complexity index is 380. The van der Waals surface area contributed by atoms with E-state index >= 15 is 0 Å². The second kappa shape index (κ2) is 4.03. The highest BCUT2D eigenvalue weighted by Gasteiger charge is 2.47. The number of hydrogen-bond acceptors (Lipinski definition) is 0. The van der Waals surface area contributed by atoms with E-state index in [0.717, 1.165) is 23.8 Å². The first-order chi connectivity index (χ1) is 7.72. The van der Waals surface area contributed by atoms with Crippen LogP contribution in [-0.4, -0.2) is 5.38 Å². The summed E-state index contributed by atoms with van der Waals surface area (Å²) in [5.74, 6) is 2.45. The lowest BCUT2D eigenvalue weighted by atomic mass is 9.94. The van der Waals surface area contributed by atoms with Crippen LogP contribution in [0.25, 0.3) is 0 Å².